The first-order chi connectivity index (χ1) is 34.2. The average molecular weight is 895 g/mol. The van der Waals surface area contributed by atoms with E-state index in [1.54, 1.807) is 11.3 Å². The minimum absolute atomic E-state index is 0.389. The van der Waals surface area contributed by atoms with E-state index in [2.05, 4.69) is 237 Å². The molecule has 15 aromatic rings. The third-order valence-corrected chi connectivity index (χ3v) is 15.6. The molecular weight excluding hydrogens is 861 g/mol. The fourth-order valence-corrected chi connectivity index (χ4v) is 13.0. The van der Waals surface area contributed by atoms with E-state index < -0.39 is 0 Å². The van der Waals surface area contributed by atoms with Gasteiger partial charge in [0, 0.05) is 58.6 Å². The zero-order valence-electron chi connectivity index (χ0n) is 36.7. The maximum absolute atomic E-state index is 12.4. The van der Waals surface area contributed by atoms with Gasteiger partial charge in [0.15, 0.2) is 0 Å². The fourth-order valence-electron chi connectivity index (χ4n) is 11.7. The quantitative estimate of drug-likeness (QED) is 0.177. The highest BCUT2D eigenvalue weighted by Crippen LogP contribution is 2.50. The lowest BCUT2D eigenvalue weighted by molar-refractivity contribution is 1.02. The van der Waals surface area contributed by atoms with Crippen molar-refractivity contribution < 1.29 is 0 Å². The third kappa shape index (κ3) is 4.91. The highest BCUT2D eigenvalue weighted by Gasteiger charge is 2.35. The number of para-hydroxylation sites is 7. The molecule has 0 spiro atoms. The molecule has 10 aromatic carbocycles. The molecule has 0 aliphatic rings. The van der Waals surface area contributed by atoms with Crippen molar-refractivity contribution in [2.75, 3.05) is 0 Å². The average Bonchev–Trinajstić information content (AvgIpc) is 4.21. The SMILES string of the molecule is N#Cc1c(-n2c3ccccc3c3ccccc32)c(-n2c3ccccc3c3ccccc32)c(-n2c3ccccc3c3ccccc32)c(C#N)c1-n1c2ccccc2c2ccc3c4ccccc4sc3c21. The van der Waals surface area contributed by atoms with Gasteiger partial charge < -0.3 is 18.3 Å². The highest BCUT2D eigenvalue weighted by molar-refractivity contribution is 7.26. The van der Waals surface area contributed by atoms with Crippen LogP contribution in [-0.4, -0.2) is 18.3 Å². The molecule has 0 radical (unpaired) electrons. The van der Waals surface area contributed by atoms with E-state index in [0.29, 0.717) is 28.2 Å². The first-order valence-electron chi connectivity index (χ1n) is 23.1. The number of nitriles is 2. The van der Waals surface area contributed by atoms with Crippen molar-refractivity contribution in [3.63, 3.8) is 0 Å². The van der Waals surface area contributed by atoms with Gasteiger partial charge in [-0.25, -0.2) is 0 Å². The maximum atomic E-state index is 12.4. The molecule has 0 saturated carbocycles. The van der Waals surface area contributed by atoms with E-state index in [0.717, 1.165) is 103 Å². The van der Waals surface area contributed by atoms with Crippen molar-refractivity contribution in [2.24, 2.45) is 0 Å². The Morgan fingerprint density at radius 3 is 0.971 bits per heavy atom. The second kappa shape index (κ2) is 14.1. The van der Waals surface area contributed by atoms with Crippen LogP contribution in [0.5, 0.6) is 0 Å². The van der Waals surface area contributed by atoms with Crippen molar-refractivity contribution in [3.8, 4) is 34.9 Å². The molecule has 0 fully saturated rings. The van der Waals surface area contributed by atoms with E-state index in [9.17, 15) is 10.5 Å². The Morgan fingerprint density at radius 1 is 0.275 bits per heavy atom. The normalized spacial score (nSPS) is 12.0. The summed E-state index contributed by atoms with van der Waals surface area (Å²) in [5.74, 6) is 0. The van der Waals surface area contributed by atoms with E-state index in [-0.39, 0.29) is 0 Å². The van der Waals surface area contributed by atoms with Gasteiger partial charge in [-0.1, -0.05) is 158 Å². The van der Waals surface area contributed by atoms with Crippen LogP contribution in [-0.2, 0) is 0 Å². The molecule has 5 aromatic heterocycles. The van der Waals surface area contributed by atoms with Crippen LogP contribution in [0.4, 0.5) is 0 Å². The van der Waals surface area contributed by atoms with Gasteiger partial charge in [0.25, 0.3) is 0 Å². The molecule has 0 unspecified atom stereocenters. The summed E-state index contributed by atoms with van der Waals surface area (Å²) in [5.41, 5.74) is 11.0. The molecular formula is C62H34N6S. The molecule has 0 N–H and O–H groups in total. The molecule has 0 aliphatic heterocycles. The summed E-state index contributed by atoms with van der Waals surface area (Å²) < 4.78 is 11.4. The van der Waals surface area contributed by atoms with Gasteiger partial charge in [-0.3, -0.25) is 0 Å². The Kier molecular flexibility index (Phi) is 7.70. The van der Waals surface area contributed by atoms with Gasteiger partial charge in [0.1, 0.15) is 23.3 Å². The second-order valence-electron chi connectivity index (χ2n) is 17.8. The Bertz CT molecular complexity index is 4510. The zero-order chi connectivity index (χ0) is 45.5. The molecule has 6 nitrogen and oxygen atoms in total. The molecule has 5 heterocycles. The summed E-state index contributed by atoms with van der Waals surface area (Å²) in [7, 11) is 0. The fraction of sp³-hybridized carbons (Fsp3) is 0. The predicted octanol–water partition coefficient (Wildman–Crippen LogP) is 16.2. The number of aromatic nitrogens is 4. The van der Waals surface area contributed by atoms with Crippen LogP contribution in [0.1, 0.15) is 11.1 Å². The second-order valence-corrected chi connectivity index (χ2v) is 18.8. The van der Waals surface area contributed by atoms with Crippen LogP contribution in [0.25, 0.3) is 130 Å². The van der Waals surface area contributed by atoms with E-state index in [1.165, 1.54) is 10.1 Å². The van der Waals surface area contributed by atoms with Crippen molar-refractivity contribution in [1.29, 1.82) is 10.5 Å². The third-order valence-electron chi connectivity index (χ3n) is 14.4. The van der Waals surface area contributed by atoms with Crippen LogP contribution in [0, 0.1) is 22.7 Å². The van der Waals surface area contributed by atoms with Crippen molar-refractivity contribution in [1.82, 2.24) is 18.3 Å². The molecule has 0 bridgehead atoms. The first kappa shape index (κ1) is 37.8. The first-order valence-corrected chi connectivity index (χ1v) is 23.9. The summed E-state index contributed by atoms with van der Waals surface area (Å²) in [5, 5.41) is 35.7. The maximum Gasteiger partial charge on any atom is 0.104 e. The lowest BCUT2D eigenvalue weighted by atomic mass is 9.98. The van der Waals surface area contributed by atoms with Gasteiger partial charge in [-0.2, -0.15) is 10.5 Å². The Hall–Kier alpha value is -9.40. The largest absolute Gasteiger partial charge is 0.306 e. The smallest absolute Gasteiger partial charge is 0.104 e. The molecule has 0 saturated heterocycles. The van der Waals surface area contributed by atoms with Crippen LogP contribution in [0.15, 0.2) is 206 Å². The number of nitrogens with zero attached hydrogens (tertiary/aromatic N) is 6. The number of hydrogen-bond acceptors (Lipinski definition) is 3. The molecule has 69 heavy (non-hydrogen) atoms. The monoisotopic (exact) mass is 894 g/mol. The Labute approximate surface area is 397 Å². The number of hydrogen-bond donors (Lipinski definition) is 0. The topological polar surface area (TPSA) is 67.3 Å². The van der Waals surface area contributed by atoms with Crippen LogP contribution >= 0.6 is 11.3 Å². The van der Waals surface area contributed by atoms with Gasteiger partial charge in [0.05, 0.1) is 71.6 Å². The number of rotatable bonds is 4. The zero-order valence-corrected chi connectivity index (χ0v) is 37.5. The molecule has 318 valence electrons. The minimum Gasteiger partial charge on any atom is -0.306 e. The van der Waals surface area contributed by atoms with Crippen molar-refractivity contribution >= 4 is 119 Å². The van der Waals surface area contributed by atoms with E-state index in [1.807, 2.05) is 0 Å². The lowest BCUT2D eigenvalue weighted by Crippen LogP contribution is -2.16. The summed E-state index contributed by atoms with van der Waals surface area (Å²) in [6, 6.07) is 78.2. The summed E-state index contributed by atoms with van der Waals surface area (Å²) in [6.45, 7) is 0. The molecule has 0 aliphatic carbocycles. The summed E-state index contributed by atoms with van der Waals surface area (Å²) >= 11 is 1.76. The van der Waals surface area contributed by atoms with Crippen LogP contribution < -0.4 is 0 Å². The van der Waals surface area contributed by atoms with Gasteiger partial charge in [-0.05, 0) is 48.5 Å². The predicted molar refractivity (Wildman–Crippen MR) is 286 cm³/mol. The Morgan fingerprint density at radius 2 is 0.580 bits per heavy atom. The summed E-state index contributed by atoms with van der Waals surface area (Å²) in [6.07, 6.45) is 0. The van der Waals surface area contributed by atoms with Crippen molar-refractivity contribution in [3.05, 3.63) is 217 Å². The number of thiophene rings is 1. The highest BCUT2D eigenvalue weighted by atomic mass is 32.1. The van der Waals surface area contributed by atoms with Crippen molar-refractivity contribution in [2.45, 2.75) is 0 Å². The number of benzene rings is 10. The molecule has 7 heteroatoms. The molecule has 0 atom stereocenters. The number of fused-ring (bicyclic) bond motifs is 16. The van der Waals surface area contributed by atoms with Gasteiger partial charge in [0.2, 0.25) is 0 Å². The Balaban J connectivity index is 1.29. The summed E-state index contributed by atoms with van der Waals surface area (Å²) in [4.78, 5) is 0. The van der Waals surface area contributed by atoms with E-state index in [4.69, 9.17) is 0 Å². The molecule has 0 amide bonds. The van der Waals surface area contributed by atoms with Crippen LogP contribution in [0.2, 0.25) is 0 Å². The van der Waals surface area contributed by atoms with Gasteiger partial charge >= 0.3 is 0 Å². The van der Waals surface area contributed by atoms with Gasteiger partial charge in [-0.15, -0.1) is 11.3 Å². The van der Waals surface area contributed by atoms with E-state index >= 15 is 0 Å². The van der Waals surface area contributed by atoms with Crippen LogP contribution in [0.3, 0.4) is 0 Å². The molecule has 15 rings (SSSR count). The lowest BCUT2D eigenvalue weighted by Gasteiger charge is -2.27. The standard InChI is InChI=1S/C62H34N6S/c63-35-47-57(68-55-31-15-7-23-43(55)45-33-34-46-44-24-8-16-32-56(44)69-62(46)60(45)68)48(36-64)59(66-51-27-11-3-19-39(51)40-20-4-12-28-52(40)66)61(67-53-29-13-5-21-41(53)42-22-6-14-30-54(42)67)58(47)65-49-25-9-1-17-37(49)38-18-2-10-26-50(38)65/h1-34H. The minimum atomic E-state index is 0.389.